The van der Waals surface area contributed by atoms with Crippen LogP contribution in [-0.2, 0) is 16.1 Å². The standard InChI is InChI=1S/C23H25ClN6O2/c1-16(31)27-19-6-3-7-20(13-19)28-22-25-15-26-23(29-22)30-10-8-21(9-11-30)32-14-17-4-2-5-18(24)12-17/h2-7,12-13,15,21H,8-11,14H2,1H3,(H,27,31)(H,25,26,28,29). The first kappa shape index (κ1) is 22.0. The Morgan fingerprint density at radius 3 is 2.69 bits per heavy atom. The van der Waals surface area contributed by atoms with Crippen LogP contribution in [0.25, 0.3) is 0 Å². The molecular formula is C23H25ClN6O2. The molecule has 1 saturated heterocycles. The molecule has 1 aliphatic rings. The van der Waals surface area contributed by atoms with Crippen molar-refractivity contribution in [3.63, 3.8) is 0 Å². The van der Waals surface area contributed by atoms with Crippen LogP contribution in [0, 0.1) is 0 Å². The Morgan fingerprint density at radius 1 is 1.12 bits per heavy atom. The number of anilines is 4. The van der Waals surface area contributed by atoms with Gasteiger partial charge in [0.15, 0.2) is 0 Å². The molecule has 0 aliphatic carbocycles. The number of amides is 1. The molecule has 4 rings (SSSR count). The smallest absolute Gasteiger partial charge is 0.231 e. The Bertz CT molecular complexity index is 1070. The molecule has 2 aromatic carbocycles. The number of benzene rings is 2. The SMILES string of the molecule is CC(=O)Nc1cccc(Nc2ncnc(N3CCC(OCc4cccc(Cl)c4)CC3)n2)c1. The number of nitrogens with zero attached hydrogens (tertiary/aromatic N) is 4. The van der Waals surface area contributed by atoms with Gasteiger partial charge in [0.25, 0.3) is 0 Å². The highest BCUT2D eigenvalue weighted by atomic mass is 35.5. The topological polar surface area (TPSA) is 92.3 Å². The molecule has 166 valence electrons. The van der Waals surface area contributed by atoms with Gasteiger partial charge in [-0.2, -0.15) is 4.98 Å². The third kappa shape index (κ3) is 6.15. The quantitative estimate of drug-likeness (QED) is 0.548. The summed E-state index contributed by atoms with van der Waals surface area (Å²) in [6, 6.07) is 15.1. The molecule has 2 heterocycles. The Balaban J connectivity index is 1.32. The maximum Gasteiger partial charge on any atom is 0.231 e. The Hall–Kier alpha value is -3.23. The molecule has 1 aliphatic heterocycles. The van der Waals surface area contributed by atoms with Gasteiger partial charge in [0, 0.05) is 36.4 Å². The van der Waals surface area contributed by atoms with Crippen molar-refractivity contribution >= 4 is 40.8 Å². The van der Waals surface area contributed by atoms with Crippen molar-refractivity contribution < 1.29 is 9.53 Å². The number of halogens is 1. The maximum absolute atomic E-state index is 11.3. The van der Waals surface area contributed by atoms with E-state index in [1.54, 1.807) is 0 Å². The second-order valence-corrected chi connectivity index (χ2v) is 8.06. The minimum Gasteiger partial charge on any atom is -0.373 e. The van der Waals surface area contributed by atoms with Gasteiger partial charge in [-0.05, 0) is 48.7 Å². The summed E-state index contributed by atoms with van der Waals surface area (Å²) in [7, 11) is 0. The van der Waals surface area contributed by atoms with E-state index >= 15 is 0 Å². The molecule has 0 radical (unpaired) electrons. The largest absolute Gasteiger partial charge is 0.373 e. The van der Waals surface area contributed by atoms with Crippen molar-refractivity contribution in [1.82, 2.24) is 15.0 Å². The van der Waals surface area contributed by atoms with Crippen LogP contribution in [0.2, 0.25) is 5.02 Å². The summed E-state index contributed by atoms with van der Waals surface area (Å²) < 4.78 is 6.07. The summed E-state index contributed by atoms with van der Waals surface area (Å²) in [5.74, 6) is 0.965. The molecule has 1 amide bonds. The Kier molecular flexibility index (Phi) is 7.14. The predicted molar refractivity (Wildman–Crippen MR) is 125 cm³/mol. The minimum absolute atomic E-state index is 0.121. The summed E-state index contributed by atoms with van der Waals surface area (Å²) in [6.45, 7) is 3.65. The average Bonchev–Trinajstić information content (AvgIpc) is 2.78. The molecular weight excluding hydrogens is 428 g/mol. The maximum atomic E-state index is 11.3. The van der Waals surface area contributed by atoms with Gasteiger partial charge in [-0.15, -0.1) is 0 Å². The summed E-state index contributed by atoms with van der Waals surface area (Å²) >= 11 is 6.04. The van der Waals surface area contributed by atoms with Crippen molar-refractivity contribution in [1.29, 1.82) is 0 Å². The van der Waals surface area contributed by atoms with E-state index in [0.717, 1.165) is 42.2 Å². The van der Waals surface area contributed by atoms with E-state index < -0.39 is 0 Å². The highest BCUT2D eigenvalue weighted by molar-refractivity contribution is 6.30. The molecule has 1 fully saturated rings. The molecule has 9 heteroatoms. The van der Waals surface area contributed by atoms with E-state index in [-0.39, 0.29) is 12.0 Å². The predicted octanol–water partition coefficient (Wildman–Crippen LogP) is 4.41. The second kappa shape index (κ2) is 10.4. The van der Waals surface area contributed by atoms with Crippen LogP contribution >= 0.6 is 11.6 Å². The normalized spacial score (nSPS) is 14.2. The van der Waals surface area contributed by atoms with Gasteiger partial charge in [-0.1, -0.05) is 29.8 Å². The lowest BCUT2D eigenvalue weighted by atomic mass is 10.1. The molecule has 0 atom stereocenters. The van der Waals surface area contributed by atoms with E-state index in [9.17, 15) is 4.79 Å². The third-order valence-corrected chi connectivity index (χ3v) is 5.33. The minimum atomic E-state index is -0.121. The van der Waals surface area contributed by atoms with Crippen LogP contribution in [0.3, 0.4) is 0 Å². The second-order valence-electron chi connectivity index (χ2n) is 7.62. The van der Waals surface area contributed by atoms with Gasteiger partial charge < -0.3 is 20.3 Å². The molecule has 3 aromatic rings. The van der Waals surface area contributed by atoms with Gasteiger partial charge in [-0.25, -0.2) is 9.97 Å². The zero-order valence-corrected chi connectivity index (χ0v) is 18.5. The monoisotopic (exact) mass is 452 g/mol. The number of rotatable bonds is 7. The first-order valence-electron chi connectivity index (χ1n) is 10.5. The molecule has 8 nitrogen and oxygen atoms in total. The molecule has 0 spiro atoms. The lowest BCUT2D eigenvalue weighted by Crippen LogP contribution is -2.38. The summed E-state index contributed by atoms with van der Waals surface area (Å²) in [4.78, 5) is 26.5. The van der Waals surface area contributed by atoms with E-state index in [1.807, 2.05) is 48.5 Å². The highest BCUT2D eigenvalue weighted by Gasteiger charge is 2.22. The molecule has 32 heavy (non-hydrogen) atoms. The molecule has 1 aromatic heterocycles. The van der Waals surface area contributed by atoms with Crippen LogP contribution in [-0.4, -0.2) is 40.1 Å². The van der Waals surface area contributed by atoms with Gasteiger partial charge in [-0.3, -0.25) is 4.79 Å². The third-order valence-electron chi connectivity index (χ3n) is 5.10. The van der Waals surface area contributed by atoms with Crippen molar-refractivity contribution in [3.8, 4) is 0 Å². The first-order valence-corrected chi connectivity index (χ1v) is 10.9. The van der Waals surface area contributed by atoms with Gasteiger partial charge in [0.05, 0.1) is 12.7 Å². The summed E-state index contributed by atoms with van der Waals surface area (Å²) in [5.41, 5.74) is 2.56. The fourth-order valence-electron chi connectivity index (χ4n) is 3.57. The van der Waals surface area contributed by atoms with Crippen molar-refractivity contribution in [3.05, 3.63) is 65.4 Å². The van der Waals surface area contributed by atoms with E-state index in [0.29, 0.717) is 24.2 Å². The van der Waals surface area contributed by atoms with Gasteiger partial charge in [0.1, 0.15) is 6.33 Å². The van der Waals surface area contributed by atoms with Crippen LogP contribution in [0.5, 0.6) is 0 Å². The first-order chi connectivity index (χ1) is 15.5. The lowest BCUT2D eigenvalue weighted by molar-refractivity contribution is -0.114. The number of carbonyl (C=O) groups is 1. The van der Waals surface area contributed by atoms with E-state index in [4.69, 9.17) is 16.3 Å². The van der Waals surface area contributed by atoms with E-state index in [2.05, 4.69) is 30.5 Å². The Labute approximate surface area is 192 Å². The fourth-order valence-corrected chi connectivity index (χ4v) is 3.78. The number of nitrogens with one attached hydrogen (secondary N) is 2. The number of carbonyl (C=O) groups excluding carboxylic acids is 1. The average molecular weight is 453 g/mol. The van der Waals surface area contributed by atoms with E-state index in [1.165, 1.54) is 13.3 Å². The Morgan fingerprint density at radius 2 is 1.91 bits per heavy atom. The van der Waals surface area contributed by atoms with Crippen molar-refractivity contribution in [2.45, 2.75) is 32.5 Å². The number of aromatic nitrogens is 3. The number of piperidine rings is 1. The number of hydrogen-bond acceptors (Lipinski definition) is 7. The summed E-state index contributed by atoms with van der Waals surface area (Å²) in [5, 5.41) is 6.66. The zero-order valence-electron chi connectivity index (χ0n) is 17.8. The lowest BCUT2D eigenvalue weighted by Gasteiger charge is -2.31. The number of hydrogen-bond donors (Lipinski definition) is 2. The summed E-state index contributed by atoms with van der Waals surface area (Å²) in [6.07, 6.45) is 3.49. The van der Waals surface area contributed by atoms with Crippen LogP contribution in [0.1, 0.15) is 25.3 Å². The van der Waals surface area contributed by atoms with Crippen LogP contribution < -0.4 is 15.5 Å². The number of ether oxygens (including phenoxy) is 1. The zero-order chi connectivity index (χ0) is 22.3. The molecule has 0 bridgehead atoms. The van der Waals surface area contributed by atoms with Crippen LogP contribution in [0.15, 0.2) is 54.9 Å². The molecule has 2 N–H and O–H groups in total. The molecule has 0 unspecified atom stereocenters. The fraction of sp³-hybridized carbons (Fsp3) is 0.304. The van der Waals surface area contributed by atoms with Crippen molar-refractivity contribution in [2.24, 2.45) is 0 Å². The highest BCUT2D eigenvalue weighted by Crippen LogP contribution is 2.22. The molecule has 0 saturated carbocycles. The van der Waals surface area contributed by atoms with Crippen LogP contribution in [0.4, 0.5) is 23.3 Å². The van der Waals surface area contributed by atoms with Gasteiger partial charge in [0.2, 0.25) is 17.8 Å². The van der Waals surface area contributed by atoms with Crippen molar-refractivity contribution in [2.75, 3.05) is 28.6 Å². The van der Waals surface area contributed by atoms with Gasteiger partial charge >= 0.3 is 0 Å².